The van der Waals surface area contributed by atoms with Crippen molar-refractivity contribution >= 4 is 28.3 Å². The summed E-state index contributed by atoms with van der Waals surface area (Å²) in [6.45, 7) is 1.88. The van der Waals surface area contributed by atoms with Crippen LogP contribution in [0, 0.1) is 34.5 Å². The minimum Gasteiger partial charge on any atom is -0.493 e. The number of nitriles is 2. The fraction of sp³-hybridized carbons (Fsp3) is 0.310. The maximum absolute atomic E-state index is 14.0. The van der Waals surface area contributed by atoms with Crippen LogP contribution in [0.5, 0.6) is 5.75 Å². The topological polar surface area (TPSA) is 124 Å². The molecule has 8 nitrogen and oxygen atoms in total. The van der Waals surface area contributed by atoms with Gasteiger partial charge in [-0.1, -0.05) is 30.3 Å². The number of benzene rings is 3. The lowest BCUT2D eigenvalue weighted by Crippen LogP contribution is -2.49. The molecule has 0 spiro atoms. The second kappa shape index (κ2) is 8.14. The molecule has 5 atom stereocenters. The molecule has 3 aromatic rings. The van der Waals surface area contributed by atoms with Gasteiger partial charge in [0.15, 0.2) is 0 Å². The van der Waals surface area contributed by atoms with Crippen molar-refractivity contribution in [3.8, 4) is 17.9 Å². The standard InChI is InChI=1S/C29H23N3O5/c1-28-23(33)14-29(37-28,11-12-36-19-6-4-5-17(13-19)15-30)25-24(28)26(34)32(27(25)35)22-10-9-18(16-31)20-7-2-3-8-21(20)22/h2-10,13,23-25,33H,11-12,14H2,1H3. The minimum atomic E-state index is -1.20. The number of carbonyl (C=O) groups is 2. The maximum Gasteiger partial charge on any atom is 0.240 e. The Balaban J connectivity index is 1.35. The third-order valence-electron chi connectivity index (χ3n) is 8.13. The second-order valence-electron chi connectivity index (χ2n) is 10.1. The average molecular weight is 494 g/mol. The molecule has 0 aliphatic carbocycles. The van der Waals surface area contributed by atoms with Crippen molar-refractivity contribution in [3.05, 3.63) is 71.8 Å². The van der Waals surface area contributed by atoms with E-state index >= 15 is 0 Å². The van der Waals surface area contributed by atoms with E-state index in [1.54, 1.807) is 61.5 Å². The predicted octanol–water partition coefficient (Wildman–Crippen LogP) is 3.45. The Labute approximate surface area is 213 Å². The number of anilines is 1. The largest absolute Gasteiger partial charge is 0.493 e. The Hall–Kier alpha value is -4.24. The average Bonchev–Trinajstić information content (AvgIpc) is 3.44. The molecule has 3 aliphatic rings. The van der Waals surface area contributed by atoms with Crippen molar-refractivity contribution in [1.82, 2.24) is 0 Å². The second-order valence-corrected chi connectivity index (χ2v) is 10.1. The van der Waals surface area contributed by atoms with Gasteiger partial charge in [0, 0.05) is 23.6 Å². The molecule has 3 heterocycles. The van der Waals surface area contributed by atoms with E-state index in [2.05, 4.69) is 12.1 Å². The first-order chi connectivity index (χ1) is 17.8. The number of nitrogens with zero attached hydrogens (tertiary/aromatic N) is 3. The zero-order chi connectivity index (χ0) is 25.9. The highest BCUT2D eigenvalue weighted by molar-refractivity contribution is 6.26. The van der Waals surface area contributed by atoms with Crippen LogP contribution in [0.4, 0.5) is 5.69 Å². The van der Waals surface area contributed by atoms with Gasteiger partial charge in [-0.25, -0.2) is 4.90 Å². The molecule has 5 unspecified atom stereocenters. The zero-order valence-electron chi connectivity index (χ0n) is 20.0. The summed E-state index contributed by atoms with van der Waals surface area (Å²) in [7, 11) is 0. The third kappa shape index (κ3) is 3.20. The highest BCUT2D eigenvalue weighted by atomic mass is 16.6. The molecule has 3 saturated heterocycles. The maximum atomic E-state index is 14.0. The number of amides is 2. The van der Waals surface area contributed by atoms with E-state index in [9.17, 15) is 20.0 Å². The lowest BCUT2D eigenvalue weighted by molar-refractivity contribution is -0.134. The lowest BCUT2D eigenvalue weighted by atomic mass is 9.66. The number of hydrogen-bond acceptors (Lipinski definition) is 7. The summed E-state index contributed by atoms with van der Waals surface area (Å²) in [5.74, 6) is -1.86. The third-order valence-corrected chi connectivity index (χ3v) is 8.13. The number of rotatable bonds is 5. The fourth-order valence-corrected chi connectivity index (χ4v) is 6.43. The first-order valence-electron chi connectivity index (χ1n) is 12.1. The summed E-state index contributed by atoms with van der Waals surface area (Å²) in [5.41, 5.74) is -0.904. The summed E-state index contributed by atoms with van der Waals surface area (Å²) >= 11 is 0. The molecule has 2 bridgehead atoms. The molecule has 8 heteroatoms. The molecule has 0 radical (unpaired) electrons. The molecular formula is C29H23N3O5. The molecule has 2 amide bonds. The molecule has 0 saturated carbocycles. The van der Waals surface area contributed by atoms with Crippen LogP contribution < -0.4 is 9.64 Å². The van der Waals surface area contributed by atoms with Crippen molar-refractivity contribution in [3.63, 3.8) is 0 Å². The minimum absolute atomic E-state index is 0.183. The van der Waals surface area contributed by atoms with Gasteiger partial charge in [0.2, 0.25) is 11.8 Å². The van der Waals surface area contributed by atoms with Crippen molar-refractivity contribution in [2.24, 2.45) is 11.8 Å². The Bertz CT molecular complexity index is 1560. The molecular weight excluding hydrogens is 470 g/mol. The summed E-state index contributed by atoms with van der Waals surface area (Å²) in [4.78, 5) is 29.0. The summed E-state index contributed by atoms with van der Waals surface area (Å²) < 4.78 is 12.2. The van der Waals surface area contributed by atoms with E-state index in [0.29, 0.717) is 39.8 Å². The van der Waals surface area contributed by atoms with Gasteiger partial charge in [-0.05, 0) is 37.3 Å². The zero-order valence-corrected chi connectivity index (χ0v) is 20.0. The highest BCUT2D eigenvalue weighted by Gasteiger charge is 2.77. The van der Waals surface area contributed by atoms with Crippen LogP contribution in [0.3, 0.4) is 0 Å². The number of carbonyl (C=O) groups excluding carboxylic acids is 2. The molecule has 1 N–H and O–H groups in total. The van der Waals surface area contributed by atoms with Crippen LogP contribution in [0.15, 0.2) is 60.7 Å². The van der Waals surface area contributed by atoms with Gasteiger partial charge < -0.3 is 14.6 Å². The number of imide groups is 1. The van der Waals surface area contributed by atoms with E-state index in [1.165, 1.54) is 4.90 Å². The number of hydrogen-bond donors (Lipinski definition) is 1. The van der Waals surface area contributed by atoms with Gasteiger partial charge in [-0.3, -0.25) is 9.59 Å². The molecule has 3 fully saturated rings. The normalized spacial score (nSPS) is 29.8. The van der Waals surface area contributed by atoms with Crippen molar-refractivity contribution in [2.75, 3.05) is 11.5 Å². The summed E-state index contributed by atoms with van der Waals surface area (Å²) in [6, 6.07) is 21.5. The van der Waals surface area contributed by atoms with Crippen LogP contribution >= 0.6 is 0 Å². The lowest BCUT2D eigenvalue weighted by Gasteiger charge is -2.33. The van der Waals surface area contributed by atoms with E-state index < -0.39 is 35.0 Å². The van der Waals surface area contributed by atoms with Crippen molar-refractivity contribution in [2.45, 2.75) is 37.1 Å². The van der Waals surface area contributed by atoms with Crippen molar-refractivity contribution in [1.29, 1.82) is 10.5 Å². The van der Waals surface area contributed by atoms with E-state index in [-0.39, 0.29) is 18.9 Å². The van der Waals surface area contributed by atoms with Crippen LogP contribution in [0.2, 0.25) is 0 Å². The number of aliphatic hydroxyl groups excluding tert-OH is 1. The van der Waals surface area contributed by atoms with Gasteiger partial charge in [0.05, 0.1) is 59.1 Å². The monoisotopic (exact) mass is 493 g/mol. The molecule has 6 rings (SSSR count). The van der Waals surface area contributed by atoms with Crippen LogP contribution in [0.1, 0.15) is 30.9 Å². The Morgan fingerprint density at radius 1 is 1.03 bits per heavy atom. The first-order valence-corrected chi connectivity index (χ1v) is 12.1. The van der Waals surface area contributed by atoms with Gasteiger partial charge in [0.25, 0.3) is 0 Å². The number of aliphatic hydroxyl groups is 1. The molecule has 3 aliphatic heterocycles. The summed E-state index contributed by atoms with van der Waals surface area (Å²) in [6.07, 6.45) is -0.406. The van der Waals surface area contributed by atoms with Crippen LogP contribution in [-0.2, 0) is 14.3 Å². The van der Waals surface area contributed by atoms with E-state index in [4.69, 9.17) is 14.7 Å². The Morgan fingerprint density at radius 3 is 2.54 bits per heavy atom. The fourth-order valence-electron chi connectivity index (χ4n) is 6.43. The molecule has 184 valence electrons. The van der Waals surface area contributed by atoms with E-state index in [1.807, 2.05) is 6.07 Å². The quantitative estimate of drug-likeness (QED) is 0.540. The van der Waals surface area contributed by atoms with Gasteiger partial charge in [-0.2, -0.15) is 10.5 Å². The van der Waals surface area contributed by atoms with Gasteiger partial charge in [0.1, 0.15) is 11.4 Å². The Kier molecular flexibility index (Phi) is 5.10. The number of fused-ring (bicyclic) bond motifs is 6. The first kappa shape index (κ1) is 23.2. The molecule has 3 aromatic carbocycles. The molecule has 37 heavy (non-hydrogen) atoms. The van der Waals surface area contributed by atoms with Crippen LogP contribution in [-0.4, -0.2) is 40.8 Å². The van der Waals surface area contributed by atoms with Crippen LogP contribution in [0.25, 0.3) is 10.8 Å². The predicted molar refractivity (Wildman–Crippen MR) is 132 cm³/mol. The highest BCUT2D eigenvalue weighted by Crippen LogP contribution is 2.62. The summed E-state index contributed by atoms with van der Waals surface area (Å²) in [5, 5.41) is 30.9. The molecule has 0 aromatic heterocycles. The van der Waals surface area contributed by atoms with Gasteiger partial charge >= 0.3 is 0 Å². The van der Waals surface area contributed by atoms with Crippen molar-refractivity contribution < 1.29 is 24.2 Å². The van der Waals surface area contributed by atoms with Gasteiger partial charge in [-0.15, -0.1) is 0 Å². The SMILES string of the molecule is CC12OC(CCOc3cccc(C#N)c3)(CC1O)C1C(=O)N(c3ccc(C#N)c4ccccc34)C(=O)C12. The Morgan fingerprint density at radius 2 is 1.78 bits per heavy atom. The smallest absolute Gasteiger partial charge is 0.240 e. The number of ether oxygens (including phenoxy) is 2. The van der Waals surface area contributed by atoms with E-state index in [0.717, 1.165) is 0 Å².